The van der Waals surface area contributed by atoms with E-state index < -0.39 is 0 Å². The van der Waals surface area contributed by atoms with Crippen molar-refractivity contribution in [2.45, 2.75) is 20.0 Å². The zero-order valence-corrected chi connectivity index (χ0v) is 11.3. The zero-order chi connectivity index (χ0) is 13.9. The van der Waals surface area contributed by atoms with Crippen LogP contribution in [0.4, 0.5) is 0 Å². The molecule has 20 heavy (non-hydrogen) atoms. The minimum Gasteiger partial charge on any atom is -0.507 e. The Kier molecular flexibility index (Phi) is 3.25. The summed E-state index contributed by atoms with van der Waals surface area (Å²) < 4.78 is 3.94. The van der Waals surface area contributed by atoms with Crippen LogP contribution in [0.25, 0.3) is 0 Å². The van der Waals surface area contributed by atoms with Crippen LogP contribution in [0.2, 0.25) is 0 Å². The molecular weight excluding hydrogens is 252 g/mol. The molecule has 1 aromatic carbocycles. The molecule has 0 aliphatic carbocycles. The highest BCUT2D eigenvalue weighted by Gasteiger charge is 2.11. The molecule has 0 spiro atoms. The molecule has 5 nitrogen and oxygen atoms in total. The van der Waals surface area contributed by atoms with Crippen molar-refractivity contribution in [2.75, 3.05) is 0 Å². The first-order valence-electron chi connectivity index (χ1n) is 6.51. The Morgan fingerprint density at radius 1 is 1.35 bits per heavy atom. The Balaban J connectivity index is 1.92. The number of phenolic OH excluding ortho intramolecular Hbond substituents is 1. The number of H-pyrrole nitrogens is 1. The van der Waals surface area contributed by atoms with Crippen LogP contribution in [0.5, 0.6) is 5.75 Å². The standard InChI is InChI=1S/C15H16N4O/c1-12-6-13(8-18-4-2-16-10-18)15(20)14(7-12)9-19-5-3-17-11-19/h2-7,10-11,20H,8-9H2,1H3/p+1. The fourth-order valence-corrected chi connectivity index (χ4v) is 2.37. The number of rotatable bonds is 4. The number of aromatic hydroxyl groups is 1. The lowest BCUT2D eigenvalue weighted by molar-refractivity contribution is -0.687. The number of hydrogen-bond acceptors (Lipinski definition) is 2. The number of aromatic nitrogens is 4. The number of nitrogens with zero attached hydrogens (tertiary/aromatic N) is 3. The predicted octanol–water partition coefficient (Wildman–Crippen LogP) is 1.61. The van der Waals surface area contributed by atoms with Gasteiger partial charge in [-0.3, -0.25) is 4.98 Å². The second kappa shape index (κ2) is 5.21. The first-order chi connectivity index (χ1) is 9.72. The van der Waals surface area contributed by atoms with Crippen molar-refractivity contribution in [2.24, 2.45) is 0 Å². The molecule has 0 saturated carbocycles. The highest BCUT2D eigenvalue weighted by Crippen LogP contribution is 2.25. The Morgan fingerprint density at radius 2 is 2.20 bits per heavy atom. The molecule has 0 aliphatic heterocycles. The van der Waals surface area contributed by atoms with Gasteiger partial charge in [-0.15, -0.1) is 0 Å². The molecule has 0 saturated heterocycles. The van der Waals surface area contributed by atoms with Crippen molar-refractivity contribution >= 4 is 0 Å². The molecule has 0 atom stereocenters. The largest absolute Gasteiger partial charge is 0.507 e. The average Bonchev–Trinajstić information content (AvgIpc) is 3.08. The van der Waals surface area contributed by atoms with E-state index in [1.54, 1.807) is 12.5 Å². The zero-order valence-electron chi connectivity index (χ0n) is 11.3. The van der Waals surface area contributed by atoms with Crippen LogP contribution in [-0.4, -0.2) is 19.6 Å². The van der Waals surface area contributed by atoms with Gasteiger partial charge >= 0.3 is 0 Å². The third-order valence-corrected chi connectivity index (χ3v) is 3.28. The third-order valence-electron chi connectivity index (χ3n) is 3.28. The van der Waals surface area contributed by atoms with Gasteiger partial charge in [0.05, 0.1) is 12.9 Å². The number of benzene rings is 1. The Labute approximate surface area is 117 Å². The van der Waals surface area contributed by atoms with E-state index in [0.29, 0.717) is 18.8 Å². The lowest BCUT2D eigenvalue weighted by Gasteiger charge is -2.11. The summed E-state index contributed by atoms with van der Waals surface area (Å²) in [5.74, 6) is 0.359. The van der Waals surface area contributed by atoms with Crippen LogP contribution in [0.1, 0.15) is 16.7 Å². The number of hydrogen-bond donors (Lipinski definition) is 2. The van der Waals surface area contributed by atoms with E-state index in [4.69, 9.17) is 0 Å². The number of nitrogens with one attached hydrogen (secondary N) is 1. The summed E-state index contributed by atoms with van der Waals surface area (Å²) in [6, 6.07) is 4.04. The van der Waals surface area contributed by atoms with Gasteiger partial charge in [-0.05, 0) is 13.0 Å². The van der Waals surface area contributed by atoms with Gasteiger partial charge in [0.2, 0.25) is 6.33 Å². The van der Waals surface area contributed by atoms with E-state index in [1.165, 1.54) is 0 Å². The van der Waals surface area contributed by atoms with Crippen LogP contribution in [-0.2, 0) is 13.1 Å². The Bertz CT molecular complexity index is 629. The van der Waals surface area contributed by atoms with E-state index in [-0.39, 0.29) is 0 Å². The van der Waals surface area contributed by atoms with Crippen molar-refractivity contribution in [1.82, 2.24) is 14.5 Å². The molecule has 5 heteroatoms. The second-order valence-electron chi connectivity index (χ2n) is 4.95. The maximum atomic E-state index is 10.5. The summed E-state index contributed by atoms with van der Waals surface area (Å²) in [5.41, 5.74) is 2.97. The lowest BCUT2D eigenvalue weighted by atomic mass is 10.0. The number of aryl methyl sites for hydroxylation is 1. The monoisotopic (exact) mass is 269 g/mol. The topological polar surface area (TPSA) is 57.7 Å². The van der Waals surface area contributed by atoms with Gasteiger partial charge < -0.3 is 9.67 Å². The van der Waals surface area contributed by atoms with Gasteiger partial charge in [-0.2, -0.15) is 0 Å². The molecule has 2 heterocycles. The molecule has 2 N–H and O–H groups in total. The van der Waals surface area contributed by atoms with Crippen molar-refractivity contribution in [3.05, 3.63) is 66.3 Å². The Hall–Kier alpha value is -2.56. The molecule has 0 bridgehead atoms. The molecule has 0 radical (unpaired) electrons. The van der Waals surface area contributed by atoms with Gasteiger partial charge in [-0.1, -0.05) is 11.6 Å². The fourth-order valence-electron chi connectivity index (χ4n) is 2.37. The van der Waals surface area contributed by atoms with Gasteiger partial charge in [0.25, 0.3) is 0 Å². The van der Waals surface area contributed by atoms with E-state index >= 15 is 0 Å². The van der Waals surface area contributed by atoms with Crippen molar-refractivity contribution in [3.63, 3.8) is 0 Å². The van der Waals surface area contributed by atoms with E-state index in [1.807, 2.05) is 53.1 Å². The summed E-state index contributed by atoms with van der Waals surface area (Å²) >= 11 is 0. The molecule has 102 valence electrons. The van der Waals surface area contributed by atoms with Crippen LogP contribution >= 0.6 is 0 Å². The highest BCUT2D eigenvalue weighted by molar-refractivity contribution is 5.43. The Morgan fingerprint density at radius 3 is 2.90 bits per heavy atom. The summed E-state index contributed by atoms with van der Waals surface area (Å²) in [4.78, 5) is 7.03. The van der Waals surface area contributed by atoms with E-state index in [2.05, 4.69) is 9.97 Å². The van der Waals surface area contributed by atoms with Crippen LogP contribution in [0.3, 0.4) is 0 Å². The molecule has 3 aromatic rings. The first kappa shape index (κ1) is 12.5. The number of imidazole rings is 2. The molecule has 0 amide bonds. The van der Waals surface area contributed by atoms with Crippen LogP contribution in [0, 0.1) is 6.92 Å². The minimum atomic E-state index is 0.359. The molecule has 0 unspecified atom stereocenters. The van der Waals surface area contributed by atoms with E-state index in [0.717, 1.165) is 16.7 Å². The van der Waals surface area contributed by atoms with Gasteiger partial charge in [0, 0.05) is 23.5 Å². The third kappa shape index (κ3) is 2.56. The SMILES string of the molecule is Cc1cc(Cn2ccnc2)c(O)c(C[n+]2cc[nH]c2)c1. The maximum Gasteiger partial charge on any atom is 0.241 e. The quantitative estimate of drug-likeness (QED) is 0.707. The summed E-state index contributed by atoms with van der Waals surface area (Å²) in [6.07, 6.45) is 11.1. The summed E-state index contributed by atoms with van der Waals surface area (Å²) in [6.45, 7) is 3.31. The number of aromatic amines is 1. The van der Waals surface area contributed by atoms with Crippen molar-refractivity contribution in [3.8, 4) is 5.75 Å². The van der Waals surface area contributed by atoms with Crippen molar-refractivity contribution in [1.29, 1.82) is 0 Å². The van der Waals surface area contributed by atoms with Crippen LogP contribution < -0.4 is 4.57 Å². The normalized spacial score (nSPS) is 10.8. The summed E-state index contributed by atoms with van der Waals surface area (Å²) in [5, 5.41) is 10.5. The maximum absolute atomic E-state index is 10.5. The molecule has 2 aromatic heterocycles. The molecule has 0 aliphatic rings. The fraction of sp³-hybridized carbons (Fsp3) is 0.200. The highest BCUT2D eigenvalue weighted by atomic mass is 16.3. The molecular formula is C15H17N4O+. The predicted molar refractivity (Wildman–Crippen MR) is 74.3 cm³/mol. The van der Waals surface area contributed by atoms with Gasteiger partial charge in [0.1, 0.15) is 24.7 Å². The van der Waals surface area contributed by atoms with Gasteiger partial charge in [-0.25, -0.2) is 9.55 Å². The van der Waals surface area contributed by atoms with Gasteiger partial charge in [0.15, 0.2) is 0 Å². The molecule has 3 rings (SSSR count). The second-order valence-corrected chi connectivity index (χ2v) is 4.95. The van der Waals surface area contributed by atoms with Crippen LogP contribution in [0.15, 0.2) is 49.6 Å². The lowest BCUT2D eigenvalue weighted by Crippen LogP contribution is -2.31. The van der Waals surface area contributed by atoms with Crippen molar-refractivity contribution < 1.29 is 9.67 Å². The minimum absolute atomic E-state index is 0.359. The van der Waals surface area contributed by atoms with E-state index in [9.17, 15) is 5.11 Å². The number of phenols is 1. The first-order valence-corrected chi connectivity index (χ1v) is 6.51. The summed E-state index contributed by atoms with van der Waals surface area (Å²) in [7, 11) is 0. The molecule has 0 fully saturated rings. The average molecular weight is 269 g/mol. The smallest absolute Gasteiger partial charge is 0.241 e.